The number of hydrogen-bond donors (Lipinski definition) is 2. The Morgan fingerprint density at radius 1 is 1.30 bits per heavy atom. The Morgan fingerprint density at radius 3 is 2.63 bits per heavy atom. The lowest BCUT2D eigenvalue weighted by Crippen LogP contribution is -2.45. The Morgan fingerprint density at radius 2 is 2.00 bits per heavy atom. The van der Waals surface area contributed by atoms with Crippen molar-refractivity contribution in [3.05, 3.63) is 40.4 Å². The molecule has 1 amide bonds. The zero-order valence-corrected chi connectivity index (χ0v) is 14.6. The molecule has 2 atom stereocenters. The van der Waals surface area contributed by atoms with Crippen LogP contribution in [0.15, 0.2) is 22.7 Å². The van der Waals surface area contributed by atoms with Crippen LogP contribution in [0.5, 0.6) is 0 Å². The van der Waals surface area contributed by atoms with Crippen molar-refractivity contribution in [3.63, 3.8) is 0 Å². The summed E-state index contributed by atoms with van der Waals surface area (Å²) in [6.07, 6.45) is -2.65. The van der Waals surface area contributed by atoms with E-state index in [1.54, 1.807) is 0 Å². The maximum absolute atomic E-state index is 13.8. The summed E-state index contributed by atoms with van der Waals surface area (Å²) < 4.78 is 56.6. The van der Waals surface area contributed by atoms with E-state index in [-0.39, 0.29) is 22.0 Å². The highest BCUT2D eigenvalue weighted by molar-refractivity contribution is 6.35. The van der Waals surface area contributed by atoms with Gasteiger partial charge in [0, 0.05) is 5.56 Å². The van der Waals surface area contributed by atoms with Crippen molar-refractivity contribution in [2.75, 3.05) is 0 Å². The van der Waals surface area contributed by atoms with Gasteiger partial charge in [-0.15, -0.1) is 0 Å². The molecule has 0 unspecified atom stereocenters. The number of aromatic nitrogens is 1. The van der Waals surface area contributed by atoms with Gasteiger partial charge in [0.2, 0.25) is 5.76 Å². The fourth-order valence-corrected chi connectivity index (χ4v) is 3.27. The molecule has 0 radical (unpaired) electrons. The number of carbonyl (C=O) groups is 1. The number of benzene rings is 1. The topological polar surface area (TPSA) is 75.4 Å². The van der Waals surface area contributed by atoms with Gasteiger partial charge in [0.1, 0.15) is 16.5 Å². The molecule has 0 saturated heterocycles. The maximum atomic E-state index is 13.8. The molecule has 0 spiro atoms. The van der Waals surface area contributed by atoms with Crippen molar-refractivity contribution >= 4 is 17.5 Å². The Balaban J connectivity index is 1.83. The van der Waals surface area contributed by atoms with Gasteiger partial charge in [0.25, 0.3) is 5.91 Å². The number of halogens is 5. The zero-order valence-electron chi connectivity index (χ0n) is 13.8. The number of amides is 1. The molecule has 10 heteroatoms. The Hall–Kier alpha value is -2.13. The van der Waals surface area contributed by atoms with Crippen molar-refractivity contribution in [2.45, 2.75) is 44.0 Å². The smallest absolute Gasteiger partial charge is 0.391 e. The van der Waals surface area contributed by atoms with Gasteiger partial charge in [-0.2, -0.15) is 13.2 Å². The molecule has 1 aromatic heterocycles. The molecule has 1 aromatic carbocycles. The minimum atomic E-state index is -4.83. The number of nitrogens with one attached hydrogen (secondary N) is 1. The summed E-state index contributed by atoms with van der Waals surface area (Å²) in [6.45, 7) is 0. The largest absolute Gasteiger partial charge is 0.419 e. The second-order valence-corrected chi connectivity index (χ2v) is 6.68. The molecule has 1 aliphatic carbocycles. The quantitative estimate of drug-likeness (QED) is 0.750. The molecule has 0 bridgehead atoms. The lowest BCUT2D eigenvalue weighted by atomic mass is 9.92. The van der Waals surface area contributed by atoms with Crippen LogP contribution in [0.3, 0.4) is 0 Å². The van der Waals surface area contributed by atoms with Crippen LogP contribution in [0, 0.1) is 5.82 Å². The predicted octanol–water partition coefficient (Wildman–Crippen LogP) is 4.19. The summed E-state index contributed by atoms with van der Waals surface area (Å²) in [5, 5.41) is 15.8. The van der Waals surface area contributed by atoms with Crippen LogP contribution >= 0.6 is 11.6 Å². The number of nitrogens with zero attached hydrogens (tertiary/aromatic N) is 1. The van der Waals surface area contributed by atoms with Gasteiger partial charge in [-0.25, -0.2) is 4.39 Å². The maximum Gasteiger partial charge on any atom is 0.419 e. The van der Waals surface area contributed by atoms with Crippen LogP contribution in [-0.4, -0.2) is 28.3 Å². The van der Waals surface area contributed by atoms with Gasteiger partial charge in [-0.1, -0.05) is 35.7 Å². The molecule has 2 aromatic rings. The van der Waals surface area contributed by atoms with E-state index in [4.69, 9.17) is 16.1 Å². The van der Waals surface area contributed by atoms with Crippen LogP contribution in [0.4, 0.5) is 17.6 Å². The van der Waals surface area contributed by atoms with Crippen molar-refractivity contribution in [1.29, 1.82) is 0 Å². The molecule has 1 aliphatic rings. The minimum absolute atomic E-state index is 0.0639. The van der Waals surface area contributed by atoms with Crippen molar-refractivity contribution in [1.82, 2.24) is 10.5 Å². The van der Waals surface area contributed by atoms with E-state index in [0.717, 1.165) is 18.9 Å². The van der Waals surface area contributed by atoms with Crippen LogP contribution in [-0.2, 0) is 6.18 Å². The Bertz CT molecular complexity index is 853. The molecular formula is C17H15ClF4N2O3. The third-order valence-corrected chi connectivity index (χ3v) is 4.79. The molecule has 146 valence electrons. The highest BCUT2D eigenvalue weighted by Crippen LogP contribution is 2.35. The molecule has 2 N–H and O–H groups in total. The molecule has 0 aliphatic heterocycles. The van der Waals surface area contributed by atoms with E-state index in [1.807, 2.05) is 0 Å². The third kappa shape index (κ3) is 4.08. The van der Waals surface area contributed by atoms with Crippen LogP contribution in [0.1, 0.15) is 41.8 Å². The van der Waals surface area contributed by atoms with Gasteiger partial charge in [-0.05, 0) is 25.0 Å². The van der Waals surface area contributed by atoms with Gasteiger partial charge in [0.15, 0.2) is 0 Å². The highest BCUT2D eigenvalue weighted by atomic mass is 35.5. The fourth-order valence-electron chi connectivity index (χ4n) is 3.01. The van der Waals surface area contributed by atoms with E-state index in [2.05, 4.69) is 10.5 Å². The first-order chi connectivity index (χ1) is 12.7. The molecule has 3 rings (SSSR count). The van der Waals surface area contributed by atoms with Crippen molar-refractivity contribution in [2.24, 2.45) is 0 Å². The average Bonchev–Trinajstić information content (AvgIpc) is 2.97. The second-order valence-electron chi connectivity index (χ2n) is 6.30. The van der Waals surface area contributed by atoms with Gasteiger partial charge >= 0.3 is 6.18 Å². The fraction of sp³-hybridized carbons (Fsp3) is 0.412. The van der Waals surface area contributed by atoms with Gasteiger partial charge < -0.3 is 14.9 Å². The zero-order chi connectivity index (χ0) is 19.8. The number of alkyl halides is 3. The molecule has 1 fully saturated rings. The normalized spacial score (nSPS) is 20.5. The Kier molecular flexibility index (Phi) is 5.43. The van der Waals surface area contributed by atoms with Crippen molar-refractivity contribution in [3.8, 4) is 11.3 Å². The summed E-state index contributed by atoms with van der Waals surface area (Å²) in [5.74, 6) is -2.56. The first-order valence-electron chi connectivity index (χ1n) is 8.19. The molecule has 5 nitrogen and oxygen atoms in total. The SMILES string of the molecule is O=C(N[C@@H]1CCCC[C@H]1O)c1onc(-c2ccc(C(F)(F)F)c(F)c2)c1Cl. The van der Waals surface area contributed by atoms with Crippen LogP contribution in [0.25, 0.3) is 11.3 Å². The minimum Gasteiger partial charge on any atom is -0.391 e. The lowest BCUT2D eigenvalue weighted by molar-refractivity contribution is -0.139. The Labute approximate surface area is 156 Å². The number of aliphatic hydroxyl groups is 1. The monoisotopic (exact) mass is 406 g/mol. The predicted molar refractivity (Wildman–Crippen MR) is 87.6 cm³/mol. The number of carbonyl (C=O) groups excluding carboxylic acids is 1. The van der Waals surface area contributed by atoms with Gasteiger partial charge in [0.05, 0.1) is 17.7 Å². The van der Waals surface area contributed by atoms with E-state index < -0.39 is 35.6 Å². The average molecular weight is 407 g/mol. The number of rotatable bonds is 3. The van der Waals surface area contributed by atoms with E-state index in [1.165, 1.54) is 0 Å². The molecular weight excluding hydrogens is 392 g/mol. The summed E-state index contributed by atoms with van der Waals surface area (Å²) >= 11 is 6.07. The highest BCUT2D eigenvalue weighted by Gasteiger charge is 2.34. The summed E-state index contributed by atoms with van der Waals surface area (Å²) in [4.78, 5) is 12.3. The summed E-state index contributed by atoms with van der Waals surface area (Å²) in [6, 6.07) is 1.72. The van der Waals surface area contributed by atoms with E-state index in [9.17, 15) is 27.5 Å². The first kappa shape index (κ1) is 19.6. The molecule has 1 saturated carbocycles. The summed E-state index contributed by atoms with van der Waals surface area (Å²) in [5.41, 5.74) is -1.64. The molecule has 27 heavy (non-hydrogen) atoms. The lowest BCUT2D eigenvalue weighted by Gasteiger charge is -2.27. The van der Waals surface area contributed by atoms with Crippen molar-refractivity contribution < 1.29 is 32.0 Å². The number of aliphatic hydroxyl groups excluding tert-OH is 1. The van der Waals surface area contributed by atoms with E-state index >= 15 is 0 Å². The first-order valence-corrected chi connectivity index (χ1v) is 8.57. The third-order valence-electron chi connectivity index (χ3n) is 4.44. The van der Waals surface area contributed by atoms with Crippen LogP contribution < -0.4 is 5.32 Å². The van der Waals surface area contributed by atoms with Crippen LogP contribution in [0.2, 0.25) is 5.02 Å². The second kappa shape index (κ2) is 7.47. The van der Waals surface area contributed by atoms with E-state index in [0.29, 0.717) is 25.0 Å². The van der Waals surface area contributed by atoms with Gasteiger partial charge in [-0.3, -0.25) is 4.79 Å². The molecule has 1 heterocycles. The summed E-state index contributed by atoms with van der Waals surface area (Å²) in [7, 11) is 0. The number of hydrogen-bond acceptors (Lipinski definition) is 4. The standard InChI is InChI=1S/C17H15ClF4N2O3/c18-13-14(8-5-6-9(10(19)7-8)17(20,21)22)24-27-15(13)16(26)23-11-3-1-2-4-12(11)25/h5-7,11-12,25H,1-4H2,(H,23,26)/t11-,12-/m1/s1.